The van der Waals surface area contributed by atoms with Gasteiger partial charge in [-0.1, -0.05) is 6.92 Å². The van der Waals surface area contributed by atoms with Crippen LogP contribution in [0.3, 0.4) is 0 Å². The number of hydrogen-bond acceptors (Lipinski definition) is 7. The Hall–Kier alpha value is -2.11. The third-order valence-electron chi connectivity index (χ3n) is 4.79. The molecule has 0 unspecified atom stereocenters. The van der Waals surface area contributed by atoms with Crippen molar-refractivity contribution in [1.82, 2.24) is 29.4 Å². The summed E-state index contributed by atoms with van der Waals surface area (Å²) in [6, 6.07) is 1.48. The van der Waals surface area contributed by atoms with Crippen molar-refractivity contribution in [3.63, 3.8) is 0 Å². The summed E-state index contributed by atoms with van der Waals surface area (Å²) in [7, 11) is 0. The van der Waals surface area contributed by atoms with Crippen molar-refractivity contribution in [1.29, 1.82) is 0 Å². The number of rotatable bonds is 8. The summed E-state index contributed by atoms with van der Waals surface area (Å²) >= 11 is 5.39. The fourth-order valence-corrected chi connectivity index (χ4v) is 3.54. The minimum Gasteiger partial charge on any atom is -0.379 e. The maximum Gasteiger partial charge on any atom is 0.390 e. The number of nitro groups is 1. The van der Waals surface area contributed by atoms with Crippen LogP contribution in [0.15, 0.2) is 6.07 Å². The van der Waals surface area contributed by atoms with Crippen LogP contribution in [0.2, 0.25) is 0 Å². The first-order valence-electron chi connectivity index (χ1n) is 9.09. The van der Waals surface area contributed by atoms with E-state index < -0.39 is 4.92 Å². The second-order valence-electron chi connectivity index (χ2n) is 6.83. The highest BCUT2D eigenvalue weighted by Gasteiger charge is 2.21. The summed E-state index contributed by atoms with van der Waals surface area (Å²) < 4.78 is 9.65. The molecule has 1 aliphatic rings. The Labute approximate surface area is 162 Å². The number of morpholine rings is 1. The standard InChI is InChI=1S/C16H25N7O3S/c1-12(11-22-13(2)10-14(19-22)23(24)25)15-17-18-16(27)21(15)5-3-4-20-6-8-26-9-7-20/h10,12H,3-9,11H2,1-2H3,(H,18,27)/t12-/m0/s1. The van der Waals surface area contributed by atoms with E-state index in [1.54, 1.807) is 4.68 Å². The smallest absolute Gasteiger partial charge is 0.379 e. The fraction of sp³-hybridized carbons (Fsp3) is 0.688. The van der Waals surface area contributed by atoms with Gasteiger partial charge in [0.1, 0.15) is 5.82 Å². The highest BCUT2D eigenvalue weighted by Crippen LogP contribution is 2.19. The number of aromatic amines is 1. The monoisotopic (exact) mass is 395 g/mol. The zero-order valence-corrected chi connectivity index (χ0v) is 16.4. The minimum atomic E-state index is -0.476. The normalized spacial score (nSPS) is 16.5. The molecule has 0 bridgehead atoms. The van der Waals surface area contributed by atoms with Crippen LogP contribution in [0.1, 0.15) is 30.8 Å². The third-order valence-corrected chi connectivity index (χ3v) is 5.10. The predicted molar refractivity (Wildman–Crippen MR) is 101 cm³/mol. The van der Waals surface area contributed by atoms with Crippen molar-refractivity contribution in [2.75, 3.05) is 32.8 Å². The molecule has 1 atom stereocenters. The van der Waals surface area contributed by atoms with Crippen LogP contribution in [-0.4, -0.2) is 67.2 Å². The number of ether oxygens (including phenoxy) is 1. The summed E-state index contributed by atoms with van der Waals surface area (Å²) in [5.74, 6) is 0.725. The second kappa shape index (κ2) is 8.72. The van der Waals surface area contributed by atoms with E-state index in [2.05, 4.69) is 20.2 Å². The zero-order chi connectivity index (χ0) is 19.4. The average molecular weight is 395 g/mol. The van der Waals surface area contributed by atoms with Gasteiger partial charge in [-0.25, -0.2) is 0 Å². The van der Waals surface area contributed by atoms with Gasteiger partial charge < -0.3 is 19.4 Å². The van der Waals surface area contributed by atoms with Crippen molar-refractivity contribution >= 4 is 18.0 Å². The van der Waals surface area contributed by atoms with Crippen molar-refractivity contribution in [3.8, 4) is 0 Å². The Balaban J connectivity index is 1.64. The predicted octanol–water partition coefficient (Wildman–Crippen LogP) is 1.88. The molecule has 1 aliphatic heterocycles. The van der Waals surface area contributed by atoms with Gasteiger partial charge in [0.15, 0.2) is 4.77 Å². The molecule has 0 spiro atoms. The lowest BCUT2D eigenvalue weighted by molar-refractivity contribution is -0.389. The molecule has 0 saturated carbocycles. The topological polar surface area (TPSA) is 107 Å². The molecular weight excluding hydrogens is 370 g/mol. The molecule has 3 heterocycles. The molecule has 2 aromatic rings. The molecular formula is C16H25N7O3S. The second-order valence-corrected chi connectivity index (χ2v) is 7.22. The van der Waals surface area contributed by atoms with Crippen molar-refractivity contribution in [3.05, 3.63) is 32.5 Å². The minimum absolute atomic E-state index is 0.0135. The number of nitrogens with zero attached hydrogens (tertiary/aromatic N) is 6. The van der Waals surface area contributed by atoms with E-state index in [4.69, 9.17) is 17.0 Å². The molecule has 148 valence electrons. The van der Waals surface area contributed by atoms with Gasteiger partial charge in [-0.3, -0.25) is 10.00 Å². The van der Waals surface area contributed by atoms with Gasteiger partial charge in [-0.05, 0) is 30.5 Å². The Morgan fingerprint density at radius 2 is 2.15 bits per heavy atom. The molecule has 1 fully saturated rings. The van der Waals surface area contributed by atoms with Gasteiger partial charge in [-0.2, -0.15) is 9.78 Å². The van der Waals surface area contributed by atoms with Gasteiger partial charge >= 0.3 is 5.82 Å². The molecule has 0 aliphatic carbocycles. The highest BCUT2D eigenvalue weighted by molar-refractivity contribution is 7.71. The van der Waals surface area contributed by atoms with Gasteiger partial charge in [0.25, 0.3) is 0 Å². The van der Waals surface area contributed by atoms with Crippen molar-refractivity contribution in [2.45, 2.75) is 39.3 Å². The van der Waals surface area contributed by atoms with Crippen LogP contribution in [0.4, 0.5) is 5.82 Å². The first kappa shape index (κ1) is 19.6. The molecule has 0 radical (unpaired) electrons. The molecule has 0 aromatic carbocycles. The Morgan fingerprint density at radius 3 is 2.81 bits per heavy atom. The summed E-state index contributed by atoms with van der Waals surface area (Å²) in [6.45, 7) is 9.64. The summed E-state index contributed by atoms with van der Waals surface area (Å²) in [6.07, 6.45) is 0.972. The SMILES string of the molecule is Cc1cc([N+](=O)[O-])nn1C[C@H](C)c1n[nH]c(=S)n1CCCN1CCOCC1. The van der Waals surface area contributed by atoms with Crippen LogP contribution in [0.5, 0.6) is 0 Å². The largest absolute Gasteiger partial charge is 0.390 e. The van der Waals surface area contributed by atoms with E-state index in [0.717, 1.165) is 57.3 Å². The van der Waals surface area contributed by atoms with E-state index in [9.17, 15) is 10.1 Å². The fourth-order valence-electron chi connectivity index (χ4n) is 3.31. The lowest BCUT2D eigenvalue weighted by Crippen LogP contribution is -2.37. The summed E-state index contributed by atoms with van der Waals surface area (Å²) in [4.78, 5) is 12.8. The molecule has 1 saturated heterocycles. The van der Waals surface area contributed by atoms with E-state index in [-0.39, 0.29) is 11.7 Å². The number of aryl methyl sites for hydroxylation is 1. The van der Waals surface area contributed by atoms with Crippen LogP contribution >= 0.6 is 12.2 Å². The van der Waals surface area contributed by atoms with Gasteiger partial charge in [0.05, 0.1) is 36.6 Å². The quantitative estimate of drug-likeness (QED) is 0.413. The van der Waals surface area contributed by atoms with E-state index in [1.807, 2.05) is 18.4 Å². The van der Waals surface area contributed by atoms with Crippen LogP contribution in [-0.2, 0) is 17.8 Å². The molecule has 0 amide bonds. The third kappa shape index (κ3) is 4.79. The lowest BCUT2D eigenvalue weighted by Gasteiger charge is -2.26. The Morgan fingerprint density at radius 1 is 1.41 bits per heavy atom. The van der Waals surface area contributed by atoms with Crippen molar-refractivity contribution in [2.24, 2.45) is 0 Å². The Kier molecular flexibility index (Phi) is 6.34. The first-order chi connectivity index (χ1) is 13.0. The first-order valence-corrected chi connectivity index (χ1v) is 9.50. The van der Waals surface area contributed by atoms with Crippen LogP contribution in [0, 0.1) is 21.8 Å². The van der Waals surface area contributed by atoms with Gasteiger partial charge in [0, 0.05) is 32.1 Å². The molecule has 11 heteroatoms. The van der Waals surface area contributed by atoms with Gasteiger partial charge in [-0.15, -0.1) is 0 Å². The van der Waals surface area contributed by atoms with E-state index >= 15 is 0 Å². The molecule has 2 aromatic heterocycles. The van der Waals surface area contributed by atoms with Crippen molar-refractivity contribution < 1.29 is 9.66 Å². The molecule has 10 nitrogen and oxygen atoms in total. The zero-order valence-electron chi connectivity index (χ0n) is 15.6. The average Bonchev–Trinajstić information content (AvgIpc) is 3.19. The molecule has 3 rings (SSSR count). The lowest BCUT2D eigenvalue weighted by atomic mass is 10.1. The number of nitrogens with one attached hydrogen (secondary N) is 1. The van der Waals surface area contributed by atoms with Crippen LogP contribution in [0.25, 0.3) is 0 Å². The van der Waals surface area contributed by atoms with E-state index in [0.29, 0.717) is 11.3 Å². The van der Waals surface area contributed by atoms with Crippen LogP contribution < -0.4 is 0 Å². The maximum absolute atomic E-state index is 10.9. The number of hydrogen-bond donors (Lipinski definition) is 1. The maximum atomic E-state index is 10.9. The summed E-state index contributed by atoms with van der Waals surface area (Å²) in [5, 5.41) is 22.2. The molecule has 27 heavy (non-hydrogen) atoms. The number of H-pyrrole nitrogens is 1. The summed E-state index contributed by atoms with van der Waals surface area (Å²) in [5.41, 5.74) is 0.751. The van der Waals surface area contributed by atoms with Gasteiger partial charge in [0.2, 0.25) is 0 Å². The molecule has 1 N–H and O–H groups in total. The van der Waals surface area contributed by atoms with E-state index in [1.165, 1.54) is 6.07 Å². The Bertz CT molecular complexity index is 837. The number of aromatic nitrogens is 5. The highest BCUT2D eigenvalue weighted by atomic mass is 32.1.